The number of aromatic nitrogens is 4. The smallest absolute Gasteiger partial charge is 0.337 e. The Bertz CT molecular complexity index is 2830. The molecule has 6 aromatic rings. The van der Waals surface area contributed by atoms with E-state index >= 15 is 0 Å². The highest BCUT2D eigenvalue weighted by Gasteiger charge is 2.31. The average molecular weight is 1010 g/mol. The first-order valence-corrected chi connectivity index (χ1v) is 22.8. The number of alkyl halides is 1. The largest absolute Gasteiger partial charge is 0.465 e. The van der Waals surface area contributed by atoms with Crippen LogP contribution in [0.2, 0.25) is 0 Å². The summed E-state index contributed by atoms with van der Waals surface area (Å²) in [5, 5.41) is 40.0. The van der Waals surface area contributed by atoms with Crippen molar-refractivity contribution in [1.82, 2.24) is 30.2 Å². The van der Waals surface area contributed by atoms with Crippen molar-refractivity contribution in [2.75, 3.05) is 37.5 Å². The van der Waals surface area contributed by atoms with Crippen molar-refractivity contribution < 1.29 is 38.5 Å². The van der Waals surface area contributed by atoms with Crippen molar-refractivity contribution in [1.29, 1.82) is 0 Å². The molecule has 0 bridgehead atoms. The van der Waals surface area contributed by atoms with Gasteiger partial charge in [0.05, 0.1) is 71.8 Å². The van der Waals surface area contributed by atoms with Crippen LogP contribution in [0.4, 0.5) is 23.0 Å². The maximum atomic E-state index is 13.3. The number of carbonyl (C=O) groups excluding carboxylic acids is 4. The number of carbonyl (C=O) groups is 4. The molecule has 3 N–H and O–H groups in total. The van der Waals surface area contributed by atoms with E-state index in [1.165, 1.54) is 38.5 Å². The summed E-state index contributed by atoms with van der Waals surface area (Å²) in [6.45, 7) is 10.8. The Morgan fingerprint density at radius 2 is 1.12 bits per heavy atom. The van der Waals surface area contributed by atoms with E-state index in [2.05, 4.69) is 51.7 Å². The number of ether oxygens (including phenoxy) is 2. The van der Waals surface area contributed by atoms with Crippen LogP contribution in [0, 0.1) is 34.1 Å². The predicted molar refractivity (Wildman–Crippen MR) is 260 cm³/mol. The van der Waals surface area contributed by atoms with Crippen LogP contribution in [-0.2, 0) is 34.4 Å². The number of rotatable bonds is 13. The fraction of sp³-hybridized carbons (Fsp3) is 0.292. The van der Waals surface area contributed by atoms with Gasteiger partial charge in [-0.3, -0.25) is 29.8 Å². The Morgan fingerprint density at radius 3 is 1.58 bits per heavy atom. The van der Waals surface area contributed by atoms with Gasteiger partial charge < -0.3 is 30.3 Å². The molecule has 2 atom stereocenters. The number of nitro groups is 2. The van der Waals surface area contributed by atoms with Crippen molar-refractivity contribution in [3.63, 3.8) is 0 Å². The van der Waals surface area contributed by atoms with Gasteiger partial charge in [0.25, 0.3) is 23.2 Å². The molecule has 4 heterocycles. The highest BCUT2D eigenvalue weighted by atomic mass is 79.9. The van der Waals surface area contributed by atoms with Crippen LogP contribution in [0.3, 0.4) is 0 Å². The third-order valence-corrected chi connectivity index (χ3v) is 12.0. The van der Waals surface area contributed by atoms with Crippen LogP contribution < -0.4 is 20.9 Å². The lowest BCUT2D eigenvalue weighted by atomic mass is 10.1. The van der Waals surface area contributed by atoms with Gasteiger partial charge in [0.2, 0.25) is 0 Å². The van der Waals surface area contributed by atoms with Gasteiger partial charge in [-0.25, -0.2) is 19.0 Å². The number of benzene rings is 4. The molecule has 2 aromatic heterocycles. The number of esters is 2. The van der Waals surface area contributed by atoms with Crippen molar-refractivity contribution in [2.24, 2.45) is 0 Å². The van der Waals surface area contributed by atoms with Gasteiger partial charge in [-0.05, 0) is 74.2 Å². The van der Waals surface area contributed by atoms with E-state index < -0.39 is 15.8 Å². The lowest BCUT2D eigenvalue weighted by Crippen LogP contribution is -2.29. The van der Waals surface area contributed by atoms with Crippen molar-refractivity contribution >= 4 is 62.7 Å². The second-order valence-electron chi connectivity index (χ2n) is 16.0. The van der Waals surface area contributed by atoms with Gasteiger partial charge in [-0.2, -0.15) is 10.2 Å². The van der Waals surface area contributed by atoms with Gasteiger partial charge in [-0.1, -0.05) is 64.5 Å². The third kappa shape index (κ3) is 12.2. The monoisotopic (exact) mass is 1010 g/mol. The molecule has 8 rings (SSSR count). The number of non-ortho nitro benzene ring substituents is 2. The summed E-state index contributed by atoms with van der Waals surface area (Å²) in [6.07, 6.45) is 0. The lowest BCUT2D eigenvalue weighted by molar-refractivity contribution is -0.385. The number of amides is 2. The molecular formula is C48H51BrN10O10. The minimum absolute atomic E-state index is 0.0414. The Kier molecular flexibility index (Phi) is 16.6. The Balaban J connectivity index is 0.000000193. The van der Waals surface area contributed by atoms with Crippen LogP contribution >= 0.6 is 15.9 Å². The summed E-state index contributed by atoms with van der Waals surface area (Å²) in [5.41, 5.74) is 7.25. The van der Waals surface area contributed by atoms with Crippen molar-refractivity contribution in [3.8, 4) is 0 Å². The molecule has 4 aromatic carbocycles. The molecule has 69 heavy (non-hydrogen) atoms. The van der Waals surface area contributed by atoms with Gasteiger partial charge in [0, 0.05) is 49.2 Å². The predicted octanol–water partition coefficient (Wildman–Crippen LogP) is 7.78. The van der Waals surface area contributed by atoms with Gasteiger partial charge in [0.15, 0.2) is 0 Å². The minimum atomic E-state index is -0.426. The Hall–Kier alpha value is -7.94. The van der Waals surface area contributed by atoms with Crippen molar-refractivity contribution in [2.45, 2.75) is 64.7 Å². The maximum absolute atomic E-state index is 13.3. The summed E-state index contributed by atoms with van der Waals surface area (Å²) in [6, 6.07) is 26.3. The van der Waals surface area contributed by atoms with E-state index in [0.29, 0.717) is 53.3 Å². The molecule has 2 aliphatic rings. The molecule has 0 spiro atoms. The number of halogens is 1. The topological polar surface area (TPSA) is 248 Å². The SMILES string of the molecule is COC(=O)c1ccc([C@H](C)NC(=O)c2c(C)nn3c2N(Cc2ccc([N+](=O)[O-])cc2)CC3)cc1.COC(=O)c1ccc([C@H](C)NC(=O)c2c(C)nn3c2NCC3)cc1.O=[N+]([O-])c1ccc(CBr)cc1. The standard InChI is InChI=1S/C24H25N5O5.C17H20N4O3.C7H6BrNO2/c1-15(18-6-8-19(9-7-18)24(31)34-3)25-22(30)21-16(2)26-28-13-12-27(23(21)28)14-17-4-10-20(11-5-17)29(32)33;1-10(12-4-6-13(7-5-12)17(23)24-3)19-16(22)14-11(2)20-21-9-8-18-15(14)21;8-5-6-1-3-7(4-2-6)9(10)11/h4-11,15H,12-14H2,1-3H3,(H,25,30);4-7,10,18H,8-9H2,1-3H3,(H,19,22);1-4H,5H2/t15-;10-;/m00./s1. The third-order valence-electron chi connectivity index (χ3n) is 11.4. The van der Waals surface area contributed by atoms with Crippen LogP contribution in [-0.4, -0.2) is 80.5 Å². The normalized spacial score (nSPS) is 12.9. The molecule has 0 fully saturated rings. The fourth-order valence-electron chi connectivity index (χ4n) is 7.67. The zero-order chi connectivity index (χ0) is 49.9. The van der Waals surface area contributed by atoms with Crippen LogP contribution in [0.1, 0.15) is 101 Å². The summed E-state index contributed by atoms with van der Waals surface area (Å²) in [4.78, 5) is 71.3. The first-order valence-electron chi connectivity index (χ1n) is 21.7. The molecule has 0 radical (unpaired) electrons. The highest BCUT2D eigenvalue weighted by Crippen LogP contribution is 2.31. The average Bonchev–Trinajstić information content (AvgIpc) is 4.13. The Labute approximate surface area is 405 Å². The lowest BCUT2D eigenvalue weighted by Gasteiger charge is -2.20. The molecule has 2 amide bonds. The minimum Gasteiger partial charge on any atom is -0.465 e. The second kappa shape index (κ2) is 22.7. The number of nitrogens with zero attached hydrogens (tertiary/aromatic N) is 7. The molecule has 20 nitrogen and oxygen atoms in total. The molecule has 360 valence electrons. The molecule has 0 saturated carbocycles. The van der Waals surface area contributed by atoms with Crippen LogP contribution in [0.5, 0.6) is 0 Å². The number of nitro benzene ring substituents is 2. The zero-order valence-electron chi connectivity index (χ0n) is 38.7. The molecule has 0 unspecified atom stereocenters. The Morgan fingerprint density at radius 1 is 0.667 bits per heavy atom. The first kappa shape index (κ1) is 50.5. The summed E-state index contributed by atoms with van der Waals surface area (Å²) in [7, 11) is 2.68. The number of hydrogen-bond donors (Lipinski definition) is 3. The van der Waals surface area contributed by atoms with E-state index in [1.54, 1.807) is 67.6 Å². The molecule has 0 aliphatic carbocycles. The first-order chi connectivity index (χ1) is 33.0. The van der Waals surface area contributed by atoms with Gasteiger partial charge in [-0.15, -0.1) is 0 Å². The van der Waals surface area contributed by atoms with Crippen LogP contribution in [0.15, 0.2) is 97.1 Å². The number of fused-ring (bicyclic) bond motifs is 2. The van der Waals surface area contributed by atoms with Crippen molar-refractivity contribution in [3.05, 3.63) is 173 Å². The molecular weight excluding hydrogens is 956 g/mol. The number of methoxy groups -OCH3 is 2. The number of nitrogens with one attached hydrogen (secondary N) is 3. The highest BCUT2D eigenvalue weighted by molar-refractivity contribution is 9.08. The van der Waals surface area contributed by atoms with E-state index in [9.17, 15) is 39.4 Å². The number of aryl methyl sites for hydroxylation is 2. The summed E-state index contributed by atoms with van der Waals surface area (Å²) < 4.78 is 13.0. The molecule has 21 heteroatoms. The number of hydrogen-bond acceptors (Lipinski definition) is 14. The van der Waals surface area contributed by atoms with Gasteiger partial charge in [0.1, 0.15) is 22.8 Å². The fourth-order valence-corrected chi connectivity index (χ4v) is 8.04. The van der Waals surface area contributed by atoms with E-state index in [1.807, 2.05) is 42.3 Å². The number of anilines is 2. The van der Waals surface area contributed by atoms with E-state index in [-0.39, 0.29) is 41.2 Å². The summed E-state index contributed by atoms with van der Waals surface area (Å²) in [5.74, 6) is 0.323. The van der Waals surface area contributed by atoms with E-state index in [0.717, 1.165) is 52.3 Å². The molecule has 2 aliphatic heterocycles. The molecule has 0 saturated heterocycles. The zero-order valence-corrected chi connectivity index (χ0v) is 40.3. The summed E-state index contributed by atoms with van der Waals surface area (Å²) >= 11 is 3.25. The second-order valence-corrected chi connectivity index (χ2v) is 16.5. The van der Waals surface area contributed by atoms with Crippen LogP contribution in [0.25, 0.3) is 0 Å². The van der Waals surface area contributed by atoms with E-state index in [4.69, 9.17) is 4.74 Å². The van der Waals surface area contributed by atoms with Gasteiger partial charge >= 0.3 is 11.9 Å². The maximum Gasteiger partial charge on any atom is 0.337 e. The quantitative estimate of drug-likeness (QED) is 0.0433.